The summed E-state index contributed by atoms with van der Waals surface area (Å²) in [6.45, 7) is 0. The summed E-state index contributed by atoms with van der Waals surface area (Å²) < 4.78 is 5.92. The van der Waals surface area contributed by atoms with Crippen molar-refractivity contribution in [2.45, 2.75) is 80.9 Å². The van der Waals surface area contributed by atoms with Gasteiger partial charge in [-0.25, -0.2) is 0 Å². The molecule has 0 saturated heterocycles. The maximum Gasteiger partial charge on any atom is 0.151 e. The second-order valence-electron chi connectivity index (χ2n) is 6.86. The Morgan fingerprint density at radius 2 is 1.24 bits per heavy atom. The Labute approximate surface area is 134 Å². The summed E-state index contributed by atoms with van der Waals surface area (Å²) in [5.74, 6) is 2.61. The van der Waals surface area contributed by atoms with Gasteiger partial charge in [0.15, 0.2) is 4.90 Å². The number of hydrogen-bond acceptors (Lipinski definition) is 1. The molecule has 1 aromatic rings. The monoisotopic (exact) mass is 305 g/mol. The second kappa shape index (κ2) is 7.09. The van der Waals surface area contributed by atoms with Crippen LogP contribution in [0.15, 0.2) is 17.0 Å². The van der Waals surface area contributed by atoms with E-state index < -0.39 is 0 Å². The zero-order valence-corrected chi connectivity index (χ0v) is 14.3. The van der Waals surface area contributed by atoms with Crippen LogP contribution in [0, 0.1) is 0 Å². The molecule has 2 aliphatic carbocycles. The Hall–Kier alpha value is -0.630. The van der Waals surface area contributed by atoms with Gasteiger partial charge in [-0.15, -0.1) is 0 Å². The molecule has 2 aliphatic rings. The molecule has 2 heteroatoms. The quantitative estimate of drug-likeness (QED) is 0.701. The molecule has 0 amide bonds. The molecule has 1 aromatic carbocycles. The van der Waals surface area contributed by atoms with Crippen molar-refractivity contribution in [2.24, 2.45) is 0 Å². The maximum atomic E-state index is 5.92. The van der Waals surface area contributed by atoms with Gasteiger partial charge in [0, 0.05) is 23.3 Å². The first kappa shape index (κ1) is 15.3. The van der Waals surface area contributed by atoms with E-state index in [9.17, 15) is 0 Å². The van der Waals surface area contributed by atoms with E-state index >= 15 is 0 Å². The Bertz CT molecular complexity index is 431. The molecule has 2 fully saturated rings. The summed E-state index contributed by atoms with van der Waals surface area (Å²) in [4.78, 5) is 1.23. The van der Waals surface area contributed by atoms with E-state index in [1.54, 1.807) is 0 Å². The fourth-order valence-electron chi connectivity index (χ4n) is 4.34. The lowest BCUT2D eigenvalue weighted by molar-refractivity contribution is 0.368. The van der Waals surface area contributed by atoms with Gasteiger partial charge in [0.25, 0.3) is 0 Å². The first-order chi connectivity index (χ1) is 10.3. The fraction of sp³-hybridized carbons (Fsp3) is 0.684. The third-order valence-electron chi connectivity index (χ3n) is 5.44. The maximum absolute atomic E-state index is 5.92. The molecule has 0 aromatic heterocycles. The highest BCUT2D eigenvalue weighted by Crippen LogP contribution is 2.44. The van der Waals surface area contributed by atoms with Gasteiger partial charge in [0.1, 0.15) is 5.75 Å². The van der Waals surface area contributed by atoms with Gasteiger partial charge in [-0.3, -0.25) is 0 Å². The molecule has 0 radical (unpaired) electrons. The summed E-state index contributed by atoms with van der Waals surface area (Å²) in [6.07, 6.45) is 13.6. The first-order valence-electron chi connectivity index (χ1n) is 8.73. The van der Waals surface area contributed by atoms with Crippen molar-refractivity contribution in [3.63, 3.8) is 0 Å². The van der Waals surface area contributed by atoms with Crippen LogP contribution in [0.2, 0.25) is 0 Å². The highest BCUT2D eigenvalue weighted by molar-refractivity contribution is 7.58. The van der Waals surface area contributed by atoms with E-state index in [0.717, 1.165) is 0 Å². The van der Waals surface area contributed by atoms with E-state index in [1.807, 2.05) is 7.11 Å². The molecule has 0 bridgehead atoms. The Balaban J connectivity index is 1.96. The fourth-order valence-corrected chi connectivity index (χ4v) is 4.65. The lowest BCUT2D eigenvalue weighted by atomic mass is 9.79. The van der Waals surface area contributed by atoms with Crippen molar-refractivity contribution in [1.82, 2.24) is 0 Å². The van der Waals surface area contributed by atoms with Crippen molar-refractivity contribution >= 4 is 12.6 Å². The smallest absolute Gasteiger partial charge is 0.151 e. The van der Waals surface area contributed by atoms with Crippen LogP contribution in [0.25, 0.3) is 0 Å². The summed E-state index contributed by atoms with van der Waals surface area (Å²) in [6, 6.07) is 4.63. The van der Waals surface area contributed by atoms with Gasteiger partial charge in [-0.05, 0) is 50.1 Å². The lowest BCUT2D eigenvalue weighted by Gasteiger charge is -2.28. The normalized spacial score (nSPS) is 21.4. The minimum absolute atomic E-state index is 0.701. The van der Waals surface area contributed by atoms with Crippen molar-refractivity contribution in [1.29, 1.82) is 0 Å². The van der Waals surface area contributed by atoms with E-state index in [-0.39, 0.29) is 0 Å². The summed E-state index contributed by atoms with van der Waals surface area (Å²) in [5.41, 5.74) is 2.93. The Morgan fingerprint density at radius 3 is 1.62 bits per heavy atom. The second-order valence-corrected chi connectivity index (χ2v) is 7.44. The minimum atomic E-state index is 0.701. The van der Waals surface area contributed by atoms with Gasteiger partial charge in [0.2, 0.25) is 0 Å². The highest BCUT2D eigenvalue weighted by Gasteiger charge is 2.26. The van der Waals surface area contributed by atoms with Crippen molar-refractivity contribution in [3.8, 4) is 5.75 Å². The highest BCUT2D eigenvalue weighted by atomic mass is 32.1. The number of rotatable bonds is 3. The van der Waals surface area contributed by atoms with Gasteiger partial charge in [0.05, 0.1) is 7.11 Å². The van der Waals surface area contributed by atoms with Gasteiger partial charge < -0.3 is 4.74 Å². The molecule has 0 heterocycles. The largest absolute Gasteiger partial charge is 0.496 e. The minimum Gasteiger partial charge on any atom is -0.496 e. The summed E-state index contributed by atoms with van der Waals surface area (Å²) in [5, 5.41) is 0. The van der Waals surface area contributed by atoms with Crippen LogP contribution in [-0.2, 0) is 12.6 Å². The van der Waals surface area contributed by atoms with E-state index in [0.29, 0.717) is 11.8 Å². The van der Waals surface area contributed by atoms with Crippen LogP contribution in [0.5, 0.6) is 5.75 Å². The predicted molar refractivity (Wildman–Crippen MR) is 93.1 cm³/mol. The molecule has 0 atom stereocenters. The Morgan fingerprint density at radius 1 is 0.810 bits per heavy atom. The average molecular weight is 306 g/mol. The molecular formula is C19H29OS+. The topological polar surface area (TPSA) is 9.23 Å². The third-order valence-corrected chi connectivity index (χ3v) is 5.73. The van der Waals surface area contributed by atoms with E-state index in [1.165, 1.54) is 86.0 Å². The van der Waals surface area contributed by atoms with E-state index in [4.69, 9.17) is 4.74 Å². The lowest BCUT2D eigenvalue weighted by Crippen LogP contribution is -2.11. The van der Waals surface area contributed by atoms with E-state index in [2.05, 4.69) is 24.8 Å². The van der Waals surface area contributed by atoms with Crippen LogP contribution in [-0.4, -0.2) is 7.11 Å². The molecule has 2 saturated carbocycles. The van der Waals surface area contributed by atoms with Crippen molar-refractivity contribution < 1.29 is 4.74 Å². The molecule has 1 nitrogen and oxygen atoms in total. The van der Waals surface area contributed by atoms with Crippen LogP contribution < -0.4 is 4.74 Å². The molecule has 116 valence electrons. The third kappa shape index (κ3) is 3.41. The van der Waals surface area contributed by atoms with Gasteiger partial charge >= 0.3 is 0 Å². The molecule has 3 rings (SSSR count). The van der Waals surface area contributed by atoms with Crippen LogP contribution >= 0.6 is 0 Å². The van der Waals surface area contributed by atoms with Crippen LogP contribution in [0.1, 0.15) is 87.2 Å². The Kier molecular flexibility index (Phi) is 5.15. The summed E-state index contributed by atoms with van der Waals surface area (Å²) in [7, 11) is 1.86. The molecule has 0 spiro atoms. The van der Waals surface area contributed by atoms with Crippen molar-refractivity contribution in [3.05, 3.63) is 23.3 Å². The summed E-state index contributed by atoms with van der Waals surface area (Å²) >= 11 is 3.81. The van der Waals surface area contributed by atoms with Gasteiger partial charge in [-0.2, -0.15) is 0 Å². The molecule has 0 unspecified atom stereocenters. The number of methoxy groups -OCH3 is 1. The van der Waals surface area contributed by atoms with Gasteiger partial charge in [-0.1, -0.05) is 38.5 Å². The average Bonchev–Trinajstić information content (AvgIpc) is 2.55. The molecule has 0 aliphatic heterocycles. The standard InChI is InChI=1S/C19H28OS/c1-20-19-17(14-8-4-2-5-9-14)12-16(21)13-18(19)15-10-6-3-7-11-15/h12-15,21H,2-11H2,1H3/p+1. The zero-order valence-electron chi connectivity index (χ0n) is 13.3. The SMILES string of the molecule is COc1c(C2CCCCC2)cc([SH2+])cc1C1CCCCC1. The number of benzene rings is 1. The van der Waals surface area contributed by atoms with Crippen LogP contribution in [0.4, 0.5) is 0 Å². The number of ether oxygens (including phenoxy) is 1. The van der Waals surface area contributed by atoms with Crippen LogP contribution in [0.3, 0.4) is 0 Å². The van der Waals surface area contributed by atoms with Crippen molar-refractivity contribution in [2.75, 3.05) is 7.11 Å². The molecular weight excluding hydrogens is 276 g/mol. The molecule has 21 heavy (non-hydrogen) atoms. The number of hydrogen-bond donors (Lipinski definition) is 0. The predicted octanol–water partition coefficient (Wildman–Crippen LogP) is 5.16. The molecule has 0 N–H and O–H groups in total. The first-order valence-corrected chi connectivity index (χ1v) is 9.23. The zero-order chi connectivity index (χ0) is 14.7.